The molecule has 1 aliphatic heterocycles. The molecule has 34 heavy (non-hydrogen) atoms. The Labute approximate surface area is 199 Å². The van der Waals surface area contributed by atoms with E-state index in [1.165, 1.54) is 16.2 Å². The highest BCUT2D eigenvalue weighted by atomic mass is 32.2. The number of fused-ring (bicyclic) bond motifs is 1. The minimum atomic E-state index is -0.733. The van der Waals surface area contributed by atoms with Crippen LogP contribution in [0.2, 0.25) is 0 Å². The average Bonchev–Trinajstić information content (AvgIpc) is 3.34. The van der Waals surface area contributed by atoms with Crippen LogP contribution in [0.5, 0.6) is 0 Å². The molecule has 0 spiro atoms. The summed E-state index contributed by atoms with van der Waals surface area (Å²) in [4.78, 5) is 56.0. The number of nitrogens with two attached hydrogens (primary N) is 1. The summed E-state index contributed by atoms with van der Waals surface area (Å²) in [7, 11) is 1.32. The first-order chi connectivity index (χ1) is 16.3. The first kappa shape index (κ1) is 24.0. The molecule has 1 atom stereocenters. The number of nitrogen functional groups attached to an aromatic ring is 1. The van der Waals surface area contributed by atoms with Gasteiger partial charge in [0.2, 0.25) is 0 Å². The molecule has 1 unspecified atom stereocenters. The summed E-state index contributed by atoms with van der Waals surface area (Å²) in [6.07, 6.45) is 2.28. The molecule has 0 bridgehead atoms. The fourth-order valence-electron chi connectivity index (χ4n) is 4.10. The van der Waals surface area contributed by atoms with Gasteiger partial charge in [-0.2, -0.15) is 0 Å². The van der Waals surface area contributed by atoms with Crippen molar-refractivity contribution in [1.82, 2.24) is 18.7 Å². The smallest absolute Gasteiger partial charge is 0.332 e. The van der Waals surface area contributed by atoms with Gasteiger partial charge in [0.05, 0.1) is 29.3 Å². The number of hydrogen-bond donors (Lipinski definition) is 1. The maximum absolute atomic E-state index is 13.2. The van der Waals surface area contributed by atoms with Gasteiger partial charge in [-0.1, -0.05) is 30.8 Å². The molecular weight excluding hydrogens is 458 g/mol. The van der Waals surface area contributed by atoms with Gasteiger partial charge < -0.3 is 10.5 Å². The van der Waals surface area contributed by atoms with Crippen LogP contribution < -0.4 is 22.5 Å². The second-order valence-corrected chi connectivity index (χ2v) is 9.18. The van der Waals surface area contributed by atoms with Gasteiger partial charge in [-0.25, -0.2) is 9.78 Å². The van der Waals surface area contributed by atoms with E-state index in [2.05, 4.69) is 4.98 Å². The molecule has 1 aromatic carbocycles. The maximum Gasteiger partial charge on any atom is 0.332 e. The molecule has 0 radical (unpaired) electrons. The summed E-state index contributed by atoms with van der Waals surface area (Å²) in [6.45, 7) is 3.14. The number of Topliss-reactive ketones (excluding diaryl/α,β-unsaturated/α-hetero) is 1. The fourth-order valence-corrected chi connectivity index (χ4v) is 4.98. The van der Waals surface area contributed by atoms with Gasteiger partial charge in [-0.15, -0.1) is 0 Å². The number of rotatable bonds is 8. The van der Waals surface area contributed by atoms with E-state index in [9.17, 15) is 19.2 Å². The molecule has 1 aliphatic rings. The molecule has 0 saturated carbocycles. The lowest BCUT2D eigenvalue weighted by atomic mass is 10.2. The van der Waals surface area contributed by atoms with Crippen LogP contribution in [0, 0.1) is 0 Å². The lowest BCUT2D eigenvalue weighted by Gasteiger charge is -2.17. The first-order valence-corrected chi connectivity index (χ1v) is 12.2. The van der Waals surface area contributed by atoms with Crippen molar-refractivity contribution in [1.29, 1.82) is 0 Å². The Morgan fingerprint density at radius 2 is 1.97 bits per heavy atom. The van der Waals surface area contributed by atoms with Crippen molar-refractivity contribution in [3.8, 4) is 0 Å². The third kappa shape index (κ3) is 4.45. The summed E-state index contributed by atoms with van der Waals surface area (Å²) in [5.41, 5.74) is 4.88. The van der Waals surface area contributed by atoms with Crippen molar-refractivity contribution in [2.45, 2.75) is 50.5 Å². The van der Waals surface area contributed by atoms with E-state index in [4.69, 9.17) is 10.5 Å². The predicted molar refractivity (Wildman–Crippen MR) is 131 cm³/mol. The quantitative estimate of drug-likeness (QED) is 0.288. The number of carbonyl (C=O) groups excluding carboxylic acids is 1. The van der Waals surface area contributed by atoms with Crippen LogP contribution in [-0.2, 0) is 24.9 Å². The van der Waals surface area contributed by atoms with Gasteiger partial charge in [0, 0.05) is 20.2 Å². The summed E-state index contributed by atoms with van der Waals surface area (Å²) < 4.78 is 9.38. The van der Waals surface area contributed by atoms with Gasteiger partial charge >= 0.3 is 5.69 Å². The first-order valence-electron chi connectivity index (χ1n) is 11.2. The zero-order chi connectivity index (χ0) is 24.4. The number of nitrogens with zero attached hydrogens (tertiary/aromatic N) is 4. The number of hydrogen-bond acceptors (Lipinski definition) is 8. The van der Waals surface area contributed by atoms with Crippen LogP contribution >= 0.6 is 11.8 Å². The minimum absolute atomic E-state index is 0.101. The normalized spacial score (nSPS) is 15.8. The Morgan fingerprint density at radius 1 is 1.21 bits per heavy atom. The topological polar surface area (TPSA) is 131 Å². The van der Waals surface area contributed by atoms with E-state index in [-0.39, 0.29) is 28.8 Å². The van der Waals surface area contributed by atoms with Crippen molar-refractivity contribution in [2.24, 2.45) is 7.05 Å². The number of thioether (sulfide) groups is 1. The van der Waals surface area contributed by atoms with E-state index >= 15 is 0 Å². The van der Waals surface area contributed by atoms with Crippen LogP contribution in [-0.4, -0.2) is 42.9 Å². The van der Waals surface area contributed by atoms with Crippen molar-refractivity contribution >= 4 is 34.3 Å². The Bertz CT molecular complexity index is 1420. The molecule has 0 aliphatic carbocycles. The van der Waals surface area contributed by atoms with Crippen LogP contribution in [0.25, 0.3) is 10.9 Å². The zero-order valence-corrected chi connectivity index (χ0v) is 20.0. The standard InChI is InChI=1S/C23H27N5O5S/c1-3-10-27-19(24)18(21(31)26(2)23(27)32)17(29)13-34-22-25-16-9-5-4-8-15(16)20(30)28(22)12-14-7-6-11-33-14/h4-5,8-9,14H,3,6-7,10-13,24H2,1-2H3. The summed E-state index contributed by atoms with van der Waals surface area (Å²) in [5.74, 6) is -0.831. The van der Waals surface area contributed by atoms with E-state index in [1.54, 1.807) is 24.3 Å². The molecule has 1 saturated heterocycles. The van der Waals surface area contributed by atoms with E-state index in [0.29, 0.717) is 42.2 Å². The van der Waals surface area contributed by atoms with Gasteiger partial charge in [0.25, 0.3) is 11.1 Å². The number of para-hydroxylation sites is 1. The predicted octanol–water partition coefficient (Wildman–Crippen LogP) is 1.40. The second-order valence-electron chi connectivity index (χ2n) is 8.23. The Morgan fingerprint density at radius 3 is 2.68 bits per heavy atom. The van der Waals surface area contributed by atoms with E-state index in [0.717, 1.165) is 29.2 Å². The highest BCUT2D eigenvalue weighted by Crippen LogP contribution is 2.22. The van der Waals surface area contributed by atoms with Gasteiger partial charge in [-0.3, -0.25) is 28.1 Å². The molecule has 4 rings (SSSR count). The van der Waals surface area contributed by atoms with Crippen LogP contribution in [0.1, 0.15) is 36.5 Å². The number of ether oxygens (including phenoxy) is 1. The molecular formula is C23H27N5O5S. The molecule has 3 aromatic rings. The Kier molecular flexibility index (Phi) is 7.03. The number of aromatic nitrogens is 4. The lowest BCUT2D eigenvalue weighted by molar-refractivity contribution is 0.0937. The Balaban J connectivity index is 1.70. The Hall–Kier alpha value is -3.18. The van der Waals surface area contributed by atoms with Crippen LogP contribution in [0.4, 0.5) is 5.82 Å². The molecule has 2 N–H and O–H groups in total. The van der Waals surface area contributed by atoms with E-state index < -0.39 is 17.0 Å². The number of anilines is 1. The van der Waals surface area contributed by atoms with Crippen LogP contribution in [0.3, 0.4) is 0 Å². The number of ketones is 1. The van der Waals surface area contributed by atoms with E-state index in [1.807, 2.05) is 6.92 Å². The summed E-state index contributed by atoms with van der Waals surface area (Å²) >= 11 is 1.06. The zero-order valence-electron chi connectivity index (χ0n) is 19.2. The maximum atomic E-state index is 13.2. The molecule has 3 heterocycles. The third-order valence-corrected chi connectivity index (χ3v) is 6.85. The van der Waals surface area contributed by atoms with Crippen molar-refractivity contribution in [2.75, 3.05) is 18.1 Å². The van der Waals surface area contributed by atoms with Crippen molar-refractivity contribution < 1.29 is 9.53 Å². The van der Waals surface area contributed by atoms with Gasteiger partial charge in [-0.05, 0) is 31.4 Å². The summed E-state index contributed by atoms with van der Waals surface area (Å²) in [5, 5.41) is 0.853. The lowest BCUT2D eigenvalue weighted by Crippen LogP contribution is -2.42. The molecule has 180 valence electrons. The van der Waals surface area contributed by atoms with Gasteiger partial charge in [0.1, 0.15) is 11.4 Å². The number of benzene rings is 1. The summed E-state index contributed by atoms with van der Waals surface area (Å²) in [6, 6.07) is 7.03. The van der Waals surface area contributed by atoms with Crippen LogP contribution in [0.15, 0.2) is 43.8 Å². The third-order valence-electron chi connectivity index (χ3n) is 5.88. The minimum Gasteiger partial charge on any atom is -0.384 e. The molecule has 11 heteroatoms. The number of carbonyl (C=O) groups is 1. The molecule has 1 fully saturated rings. The molecule has 2 aromatic heterocycles. The highest BCUT2D eigenvalue weighted by molar-refractivity contribution is 7.99. The monoisotopic (exact) mass is 485 g/mol. The average molecular weight is 486 g/mol. The van der Waals surface area contributed by atoms with Gasteiger partial charge in [0.15, 0.2) is 10.9 Å². The largest absolute Gasteiger partial charge is 0.384 e. The SMILES string of the molecule is CCCn1c(N)c(C(=O)CSc2nc3ccccc3c(=O)n2CC2CCCO2)c(=O)n(C)c1=O. The van der Waals surface area contributed by atoms with Crippen molar-refractivity contribution in [3.63, 3.8) is 0 Å². The second kappa shape index (κ2) is 9.98. The van der Waals surface area contributed by atoms with Crippen molar-refractivity contribution in [3.05, 3.63) is 61.0 Å². The molecule has 10 nitrogen and oxygen atoms in total. The molecule has 0 amide bonds. The fraction of sp³-hybridized carbons (Fsp3) is 0.435. The highest BCUT2D eigenvalue weighted by Gasteiger charge is 2.24.